The van der Waals surface area contributed by atoms with Crippen molar-refractivity contribution in [3.63, 3.8) is 0 Å². The molecule has 126 valence electrons. The van der Waals surface area contributed by atoms with Crippen LogP contribution in [-0.4, -0.2) is 33.1 Å². The molecule has 2 amide bonds. The summed E-state index contributed by atoms with van der Waals surface area (Å²) in [6, 6.07) is 5.27. The number of hydrogen-bond donors (Lipinski definition) is 1. The average Bonchev–Trinajstić information content (AvgIpc) is 3.11. The summed E-state index contributed by atoms with van der Waals surface area (Å²) in [6.07, 6.45) is 5.06. The third-order valence-corrected chi connectivity index (χ3v) is 4.21. The van der Waals surface area contributed by atoms with Gasteiger partial charge in [-0.3, -0.25) is 9.59 Å². The Balaban J connectivity index is 1.77. The summed E-state index contributed by atoms with van der Waals surface area (Å²) in [6.45, 7) is 4.55. The van der Waals surface area contributed by atoms with Crippen LogP contribution < -0.4 is 10.2 Å². The smallest absolute Gasteiger partial charge is 0.249 e. The van der Waals surface area contributed by atoms with Crippen LogP contribution in [0.4, 0.5) is 11.4 Å². The van der Waals surface area contributed by atoms with Gasteiger partial charge < -0.3 is 10.2 Å². The number of amides is 2. The Hall–Kier alpha value is -2.70. The third-order valence-electron chi connectivity index (χ3n) is 4.21. The van der Waals surface area contributed by atoms with Gasteiger partial charge in [-0.1, -0.05) is 6.92 Å². The van der Waals surface area contributed by atoms with Gasteiger partial charge in [0.15, 0.2) is 0 Å². The van der Waals surface area contributed by atoms with Crippen molar-refractivity contribution < 1.29 is 9.59 Å². The molecule has 7 nitrogen and oxygen atoms in total. The predicted octanol–water partition coefficient (Wildman–Crippen LogP) is 2.17. The Kier molecular flexibility index (Phi) is 4.59. The van der Waals surface area contributed by atoms with E-state index >= 15 is 0 Å². The summed E-state index contributed by atoms with van der Waals surface area (Å²) in [5.41, 5.74) is 2.78. The minimum Gasteiger partial charge on any atom is -0.324 e. The first kappa shape index (κ1) is 16.2. The van der Waals surface area contributed by atoms with Gasteiger partial charge in [0.2, 0.25) is 11.8 Å². The quantitative estimate of drug-likeness (QED) is 0.912. The van der Waals surface area contributed by atoms with Crippen LogP contribution in [0.25, 0.3) is 0 Å². The molecule has 0 saturated carbocycles. The molecule has 0 spiro atoms. The molecule has 1 unspecified atom stereocenters. The van der Waals surface area contributed by atoms with Crippen LogP contribution in [0.1, 0.15) is 38.3 Å². The van der Waals surface area contributed by atoms with E-state index in [1.807, 2.05) is 23.1 Å². The number of aryl methyl sites for hydroxylation is 1. The topological polar surface area (TPSA) is 80.1 Å². The number of nitrogens with one attached hydrogen (secondary N) is 1. The molecule has 0 fully saturated rings. The van der Waals surface area contributed by atoms with Gasteiger partial charge in [-0.25, -0.2) is 9.67 Å². The standard InChI is InChI=1S/C17H21N5O2/c1-3-8-21-15-6-5-14(9-13(15)4-7-16(21)23)20-17(24)12(2)22-11-18-10-19-22/h5-6,9-12H,3-4,7-8H2,1-2H3,(H,20,24). The number of fused-ring (bicyclic) bond motifs is 1. The lowest BCUT2D eigenvalue weighted by Crippen LogP contribution is -2.35. The van der Waals surface area contributed by atoms with Crippen molar-refractivity contribution >= 4 is 23.2 Å². The van der Waals surface area contributed by atoms with Gasteiger partial charge in [-0.2, -0.15) is 5.10 Å². The monoisotopic (exact) mass is 327 g/mol. The Bertz CT molecular complexity index is 741. The van der Waals surface area contributed by atoms with Gasteiger partial charge in [0.1, 0.15) is 18.7 Å². The highest BCUT2D eigenvalue weighted by atomic mass is 16.2. The van der Waals surface area contributed by atoms with Crippen molar-refractivity contribution in [1.29, 1.82) is 0 Å². The van der Waals surface area contributed by atoms with Crippen LogP contribution in [0, 0.1) is 0 Å². The van der Waals surface area contributed by atoms with Crippen molar-refractivity contribution in [2.24, 2.45) is 0 Å². The lowest BCUT2D eigenvalue weighted by Gasteiger charge is -2.29. The highest BCUT2D eigenvalue weighted by Gasteiger charge is 2.24. The van der Waals surface area contributed by atoms with Gasteiger partial charge in [0.25, 0.3) is 0 Å². The minimum atomic E-state index is -0.443. The van der Waals surface area contributed by atoms with E-state index in [-0.39, 0.29) is 11.8 Å². The second-order valence-electron chi connectivity index (χ2n) is 5.93. The van der Waals surface area contributed by atoms with E-state index in [1.165, 1.54) is 17.3 Å². The third kappa shape index (κ3) is 3.15. The molecule has 1 N–H and O–H groups in total. The summed E-state index contributed by atoms with van der Waals surface area (Å²) in [4.78, 5) is 30.1. The summed E-state index contributed by atoms with van der Waals surface area (Å²) >= 11 is 0. The molecule has 2 aromatic rings. The highest BCUT2D eigenvalue weighted by molar-refractivity contribution is 5.98. The Morgan fingerprint density at radius 3 is 2.92 bits per heavy atom. The van der Waals surface area contributed by atoms with Gasteiger partial charge in [0, 0.05) is 24.3 Å². The normalized spacial score (nSPS) is 15.1. The maximum atomic E-state index is 12.3. The molecular weight excluding hydrogens is 306 g/mol. The molecule has 0 radical (unpaired) electrons. The number of anilines is 2. The summed E-state index contributed by atoms with van der Waals surface area (Å²) in [7, 11) is 0. The molecule has 7 heteroatoms. The molecule has 0 bridgehead atoms. The van der Waals surface area contributed by atoms with Crippen LogP contribution in [0.5, 0.6) is 0 Å². The highest BCUT2D eigenvalue weighted by Crippen LogP contribution is 2.30. The molecule has 1 aliphatic heterocycles. The minimum absolute atomic E-state index is 0.155. The van der Waals surface area contributed by atoms with Crippen molar-refractivity contribution in [3.8, 4) is 0 Å². The van der Waals surface area contributed by atoms with E-state index in [2.05, 4.69) is 22.3 Å². The largest absolute Gasteiger partial charge is 0.324 e. The van der Waals surface area contributed by atoms with Gasteiger partial charge in [0.05, 0.1) is 0 Å². The lowest BCUT2D eigenvalue weighted by molar-refractivity contribution is -0.119. The Labute approximate surface area is 140 Å². The van der Waals surface area contributed by atoms with E-state index < -0.39 is 6.04 Å². The number of nitrogens with zero attached hydrogens (tertiary/aromatic N) is 4. The van der Waals surface area contributed by atoms with E-state index in [0.717, 1.165) is 29.9 Å². The molecule has 2 heterocycles. The van der Waals surface area contributed by atoms with Crippen LogP contribution in [0.2, 0.25) is 0 Å². The molecule has 0 aliphatic carbocycles. The van der Waals surface area contributed by atoms with E-state index in [0.29, 0.717) is 12.8 Å². The van der Waals surface area contributed by atoms with Crippen LogP contribution in [0.15, 0.2) is 30.9 Å². The van der Waals surface area contributed by atoms with Crippen LogP contribution >= 0.6 is 0 Å². The molecule has 0 saturated heterocycles. The van der Waals surface area contributed by atoms with Gasteiger partial charge in [-0.05, 0) is 43.5 Å². The Morgan fingerprint density at radius 1 is 1.38 bits per heavy atom. The van der Waals surface area contributed by atoms with Crippen LogP contribution in [0.3, 0.4) is 0 Å². The maximum Gasteiger partial charge on any atom is 0.249 e. The first-order valence-corrected chi connectivity index (χ1v) is 8.18. The fraction of sp³-hybridized carbons (Fsp3) is 0.412. The van der Waals surface area contributed by atoms with Crippen molar-refractivity contribution in [2.75, 3.05) is 16.8 Å². The van der Waals surface area contributed by atoms with Crippen molar-refractivity contribution in [3.05, 3.63) is 36.4 Å². The van der Waals surface area contributed by atoms with Gasteiger partial charge in [-0.15, -0.1) is 0 Å². The molecule has 3 rings (SSSR count). The molecular formula is C17H21N5O2. The van der Waals surface area contributed by atoms with Gasteiger partial charge >= 0.3 is 0 Å². The zero-order valence-corrected chi connectivity index (χ0v) is 13.9. The number of carbonyl (C=O) groups excluding carboxylic acids is 2. The predicted molar refractivity (Wildman–Crippen MR) is 90.8 cm³/mol. The molecule has 1 aliphatic rings. The summed E-state index contributed by atoms with van der Waals surface area (Å²) in [5.74, 6) is 0.0127. The summed E-state index contributed by atoms with van der Waals surface area (Å²) in [5, 5.41) is 6.90. The number of aromatic nitrogens is 3. The Morgan fingerprint density at radius 2 is 2.21 bits per heavy atom. The first-order valence-electron chi connectivity index (χ1n) is 8.18. The van der Waals surface area contributed by atoms with E-state index in [4.69, 9.17) is 0 Å². The van der Waals surface area contributed by atoms with Crippen molar-refractivity contribution in [1.82, 2.24) is 14.8 Å². The molecule has 24 heavy (non-hydrogen) atoms. The first-order chi connectivity index (χ1) is 11.6. The number of rotatable bonds is 5. The molecule has 1 atom stereocenters. The molecule has 1 aromatic heterocycles. The second kappa shape index (κ2) is 6.82. The zero-order valence-electron chi connectivity index (χ0n) is 13.9. The fourth-order valence-corrected chi connectivity index (χ4v) is 2.89. The maximum absolute atomic E-state index is 12.3. The number of hydrogen-bond acceptors (Lipinski definition) is 4. The summed E-state index contributed by atoms with van der Waals surface area (Å²) < 4.78 is 1.51. The van der Waals surface area contributed by atoms with Crippen molar-refractivity contribution in [2.45, 2.75) is 39.2 Å². The molecule has 1 aromatic carbocycles. The second-order valence-corrected chi connectivity index (χ2v) is 5.93. The number of benzene rings is 1. The SMILES string of the molecule is CCCN1C(=O)CCc2cc(NC(=O)C(C)n3cncn3)ccc21. The number of carbonyl (C=O) groups is 2. The zero-order chi connectivity index (χ0) is 17.1. The van der Waals surface area contributed by atoms with E-state index in [9.17, 15) is 9.59 Å². The average molecular weight is 327 g/mol. The van der Waals surface area contributed by atoms with E-state index in [1.54, 1.807) is 6.92 Å². The lowest BCUT2D eigenvalue weighted by atomic mass is 10.00. The fourth-order valence-electron chi connectivity index (χ4n) is 2.89. The van der Waals surface area contributed by atoms with Crippen LogP contribution in [-0.2, 0) is 16.0 Å².